The third-order valence-electron chi connectivity index (χ3n) is 2.81. The molecule has 1 aliphatic heterocycles. The normalized spacial score (nSPS) is 19.5. The quantitative estimate of drug-likeness (QED) is 0.866. The molecule has 0 aromatic heterocycles. The Kier molecular flexibility index (Phi) is 5.86. The number of ether oxygens (including phenoxy) is 3. The van der Waals surface area contributed by atoms with Crippen molar-refractivity contribution >= 4 is 15.9 Å². The Hall–Kier alpha value is -0.830. The van der Waals surface area contributed by atoms with Crippen LogP contribution in [0.1, 0.15) is 5.56 Å². The van der Waals surface area contributed by atoms with Crippen molar-refractivity contribution in [2.24, 2.45) is 0 Å². The minimum atomic E-state index is -4.69. The lowest BCUT2D eigenvalue weighted by Crippen LogP contribution is -2.37. The Morgan fingerprint density at radius 3 is 2.76 bits per heavy atom. The zero-order valence-electron chi connectivity index (χ0n) is 11.1. The van der Waals surface area contributed by atoms with E-state index in [1.165, 1.54) is 6.07 Å². The molecule has 1 aliphatic rings. The molecular weight excluding hydrogens is 355 g/mol. The van der Waals surface area contributed by atoms with Gasteiger partial charge in [-0.25, -0.2) is 0 Å². The van der Waals surface area contributed by atoms with Gasteiger partial charge < -0.3 is 19.5 Å². The average Bonchev–Trinajstić information content (AvgIpc) is 2.42. The molecule has 1 N–H and O–H groups in total. The van der Waals surface area contributed by atoms with Crippen molar-refractivity contribution in [3.8, 4) is 5.75 Å². The molecular formula is C13H15BrF3NO3. The second-order valence-corrected chi connectivity index (χ2v) is 5.37. The highest BCUT2D eigenvalue weighted by atomic mass is 79.9. The summed E-state index contributed by atoms with van der Waals surface area (Å²) in [5.74, 6) is -0.254. The van der Waals surface area contributed by atoms with E-state index in [4.69, 9.17) is 9.47 Å². The third-order valence-corrected chi connectivity index (χ3v) is 3.43. The van der Waals surface area contributed by atoms with Crippen LogP contribution >= 0.6 is 15.9 Å². The van der Waals surface area contributed by atoms with Gasteiger partial charge in [-0.3, -0.25) is 0 Å². The van der Waals surface area contributed by atoms with Crippen LogP contribution in [0.3, 0.4) is 0 Å². The van der Waals surface area contributed by atoms with Gasteiger partial charge in [-0.05, 0) is 33.6 Å². The van der Waals surface area contributed by atoms with Gasteiger partial charge in [-0.2, -0.15) is 0 Å². The Bertz CT molecular complexity index is 464. The largest absolute Gasteiger partial charge is 0.573 e. The summed E-state index contributed by atoms with van der Waals surface area (Å²) in [4.78, 5) is 0. The van der Waals surface area contributed by atoms with E-state index in [-0.39, 0.29) is 16.3 Å². The van der Waals surface area contributed by atoms with Crippen LogP contribution in [-0.2, 0) is 16.0 Å². The molecule has 0 spiro atoms. The maximum absolute atomic E-state index is 12.1. The summed E-state index contributed by atoms with van der Waals surface area (Å²) < 4.78 is 51.3. The minimum absolute atomic E-state index is 0.00928. The lowest BCUT2D eigenvalue weighted by atomic mass is 10.2. The Labute approximate surface area is 128 Å². The van der Waals surface area contributed by atoms with Crippen molar-refractivity contribution in [3.05, 3.63) is 28.2 Å². The number of halogens is 4. The summed E-state index contributed by atoms with van der Waals surface area (Å²) in [6.07, 6.45) is -4.68. The van der Waals surface area contributed by atoms with Crippen molar-refractivity contribution in [2.45, 2.75) is 19.0 Å². The van der Waals surface area contributed by atoms with Gasteiger partial charge in [0.15, 0.2) is 0 Å². The summed E-state index contributed by atoms with van der Waals surface area (Å²) in [6.45, 7) is 2.89. The monoisotopic (exact) mass is 369 g/mol. The van der Waals surface area contributed by atoms with E-state index in [0.29, 0.717) is 32.9 Å². The van der Waals surface area contributed by atoms with Crippen LogP contribution in [-0.4, -0.2) is 38.8 Å². The van der Waals surface area contributed by atoms with Crippen LogP contribution in [0.15, 0.2) is 22.7 Å². The Balaban J connectivity index is 1.82. The molecule has 118 valence electrons. The maximum atomic E-state index is 12.1. The molecule has 0 aliphatic carbocycles. The van der Waals surface area contributed by atoms with Gasteiger partial charge in [0.25, 0.3) is 0 Å². The highest BCUT2D eigenvalue weighted by Crippen LogP contribution is 2.31. The van der Waals surface area contributed by atoms with E-state index < -0.39 is 6.36 Å². The molecule has 0 radical (unpaired) electrons. The number of hydrogen-bond donors (Lipinski definition) is 1. The van der Waals surface area contributed by atoms with Gasteiger partial charge in [-0.15, -0.1) is 13.2 Å². The van der Waals surface area contributed by atoms with Crippen LogP contribution in [0.5, 0.6) is 5.75 Å². The van der Waals surface area contributed by atoms with Crippen molar-refractivity contribution in [1.29, 1.82) is 0 Å². The van der Waals surface area contributed by atoms with Crippen LogP contribution in [0.2, 0.25) is 0 Å². The standard InChI is InChI=1S/C13H15BrF3NO3/c14-11-5-9(1-2-12(11)21-13(15,16)17)6-18-7-10-8-19-3-4-20-10/h1-2,5,10,18H,3-4,6-8H2. The van der Waals surface area contributed by atoms with Gasteiger partial charge >= 0.3 is 6.36 Å². The maximum Gasteiger partial charge on any atom is 0.573 e. The fraction of sp³-hybridized carbons (Fsp3) is 0.538. The number of alkyl halides is 3. The Morgan fingerprint density at radius 2 is 2.14 bits per heavy atom. The van der Waals surface area contributed by atoms with Gasteiger partial charge in [0, 0.05) is 13.1 Å². The Morgan fingerprint density at radius 1 is 1.33 bits per heavy atom. The molecule has 1 atom stereocenters. The van der Waals surface area contributed by atoms with E-state index in [0.717, 1.165) is 5.56 Å². The number of rotatable bonds is 5. The van der Waals surface area contributed by atoms with Crippen molar-refractivity contribution in [3.63, 3.8) is 0 Å². The summed E-state index contributed by atoms with van der Waals surface area (Å²) >= 11 is 3.07. The van der Waals surface area contributed by atoms with E-state index in [2.05, 4.69) is 26.0 Å². The summed E-state index contributed by atoms with van der Waals surface area (Å²) in [5, 5.41) is 3.18. The molecule has 1 heterocycles. The molecule has 0 saturated carbocycles. The summed E-state index contributed by atoms with van der Waals surface area (Å²) in [6, 6.07) is 4.46. The van der Waals surface area contributed by atoms with Crippen LogP contribution < -0.4 is 10.1 Å². The predicted octanol–water partition coefficient (Wildman–Crippen LogP) is 2.85. The van der Waals surface area contributed by atoms with Crippen LogP contribution in [0.4, 0.5) is 13.2 Å². The van der Waals surface area contributed by atoms with E-state index in [1.54, 1.807) is 12.1 Å². The lowest BCUT2D eigenvalue weighted by molar-refractivity contribution is -0.274. The second-order valence-electron chi connectivity index (χ2n) is 4.51. The fourth-order valence-corrected chi connectivity index (χ4v) is 2.40. The number of hydrogen-bond acceptors (Lipinski definition) is 4. The molecule has 21 heavy (non-hydrogen) atoms. The topological polar surface area (TPSA) is 39.7 Å². The average molecular weight is 370 g/mol. The summed E-state index contributed by atoms with van der Waals surface area (Å²) in [5.41, 5.74) is 0.841. The van der Waals surface area contributed by atoms with Crippen molar-refractivity contribution in [2.75, 3.05) is 26.4 Å². The molecule has 8 heteroatoms. The molecule has 1 saturated heterocycles. The highest BCUT2D eigenvalue weighted by molar-refractivity contribution is 9.10. The first-order valence-electron chi connectivity index (χ1n) is 6.38. The van der Waals surface area contributed by atoms with Gasteiger partial charge in [-0.1, -0.05) is 6.07 Å². The third kappa shape index (κ3) is 5.82. The van der Waals surface area contributed by atoms with Crippen LogP contribution in [0, 0.1) is 0 Å². The lowest BCUT2D eigenvalue weighted by Gasteiger charge is -2.23. The number of benzene rings is 1. The van der Waals surface area contributed by atoms with Gasteiger partial charge in [0.2, 0.25) is 0 Å². The second kappa shape index (κ2) is 7.44. The molecule has 0 bridgehead atoms. The molecule has 0 amide bonds. The van der Waals surface area contributed by atoms with Gasteiger partial charge in [0.05, 0.1) is 30.4 Å². The van der Waals surface area contributed by atoms with E-state index >= 15 is 0 Å². The first-order chi connectivity index (χ1) is 9.94. The van der Waals surface area contributed by atoms with Crippen molar-refractivity contribution < 1.29 is 27.4 Å². The highest BCUT2D eigenvalue weighted by Gasteiger charge is 2.31. The SMILES string of the molecule is FC(F)(F)Oc1ccc(CNCC2COCCO2)cc1Br. The molecule has 1 unspecified atom stereocenters. The minimum Gasteiger partial charge on any atom is -0.405 e. The predicted molar refractivity (Wildman–Crippen MR) is 73.1 cm³/mol. The first-order valence-corrected chi connectivity index (χ1v) is 7.17. The molecule has 1 fully saturated rings. The van der Waals surface area contributed by atoms with Crippen LogP contribution in [0.25, 0.3) is 0 Å². The zero-order chi connectivity index (χ0) is 15.3. The fourth-order valence-electron chi connectivity index (χ4n) is 1.89. The number of nitrogens with one attached hydrogen (secondary N) is 1. The smallest absolute Gasteiger partial charge is 0.405 e. The molecule has 4 nitrogen and oxygen atoms in total. The van der Waals surface area contributed by atoms with E-state index in [9.17, 15) is 13.2 Å². The van der Waals surface area contributed by atoms with Crippen molar-refractivity contribution in [1.82, 2.24) is 5.32 Å². The summed E-state index contributed by atoms with van der Waals surface area (Å²) in [7, 11) is 0. The zero-order valence-corrected chi connectivity index (χ0v) is 12.7. The molecule has 2 rings (SSSR count). The first kappa shape index (κ1) is 16.5. The van der Waals surface area contributed by atoms with Gasteiger partial charge in [0.1, 0.15) is 5.75 Å². The van der Waals surface area contributed by atoms with E-state index in [1.807, 2.05) is 0 Å². The molecule has 1 aromatic carbocycles. The molecule has 1 aromatic rings.